The van der Waals surface area contributed by atoms with E-state index in [1.165, 1.54) is 26.0 Å². The molecule has 7 heteroatoms. The predicted octanol–water partition coefficient (Wildman–Crippen LogP) is 4.39. The van der Waals surface area contributed by atoms with Crippen LogP contribution in [-0.4, -0.2) is 22.0 Å². The molecule has 0 aliphatic heterocycles. The highest BCUT2D eigenvalue weighted by Gasteiger charge is 2.30. The normalized spacial score (nSPS) is 11.3. The fourth-order valence-electron chi connectivity index (χ4n) is 2.72. The van der Waals surface area contributed by atoms with Crippen LogP contribution in [0.25, 0.3) is 10.9 Å². The van der Waals surface area contributed by atoms with Crippen molar-refractivity contribution in [3.8, 4) is 5.75 Å². The number of fused-ring (bicyclic) bond motifs is 1. The summed E-state index contributed by atoms with van der Waals surface area (Å²) < 4.78 is 19.1. The highest BCUT2D eigenvalue weighted by molar-refractivity contribution is 5.94. The van der Waals surface area contributed by atoms with Crippen molar-refractivity contribution in [2.75, 3.05) is 5.32 Å². The third-order valence-corrected chi connectivity index (χ3v) is 4.40. The third-order valence-electron chi connectivity index (χ3n) is 4.40. The van der Waals surface area contributed by atoms with Crippen molar-refractivity contribution in [1.29, 1.82) is 0 Å². The summed E-state index contributed by atoms with van der Waals surface area (Å²) >= 11 is 0. The van der Waals surface area contributed by atoms with Crippen molar-refractivity contribution in [3.63, 3.8) is 0 Å². The zero-order chi connectivity index (χ0) is 21.0. The number of halogens is 1. The van der Waals surface area contributed by atoms with Gasteiger partial charge in [0.05, 0.1) is 16.6 Å². The molecule has 29 heavy (non-hydrogen) atoms. The maximum Gasteiger partial charge on any atom is 0.309 e. The molecule has 3 aromatic rings. The minimum Gasteiger partial charge on any atom is -0.487 e. The molecule has 0 unspecified atom stereocenters. The number of aromatic nitrogens is 1. The number of benzene rings is 2. The first kappa shape index (κ1) is 20.3. The molecular formula is C22H21FN2O4. The number of aliphatic carboxylic acids is 1. The van der Waals surface area contributed by atoms with Gasteiger partial charge in [0.25, 0.3) is 0 Å². The third kappa shape index (κ3) is 5.28. The van der Waals surface area contributed by atoms with Crippen LogP contribution in [-0.2, 0) is 16.2 Å². The Labute approximate surface area is 167 Å². The first-order chi connectivity index (χ1) is 13.7. The summed E-state index contributed by atoms with van der Waals surface area (Å²) in [5, 5.41) is 12.7. The van der Waals surface area contributed by atoms with Gasteiger partial charge in [-0.25, -0.2) is 9.37 Å². The van der Waals surface area contributed by atoms with E-state index in [2.05, 4.69) is 10.3 Å². The molecule has 0 spiro atoms. The zero-order valence-corrected chi connectivity index (χ0v) is 16.1. The van der Waals surface area contributed by atoms with E-state index in [0.717, 1.165) is 5.39 Å². The molecule has 1 aromatic heterocycles. The van der Waals surface area contributed by atoms with Gasteiger partial charge in [-0.15, -0.1) is 0 Å². The molecule has 1 amide bonds. The predicted molar refractivity (Wildman–Crippen MR) is 107 cm³/mol. The number of carboxylic acids is 1. The van der Waals surface area contributed by atoms with Crippen molar-refractivity contribution < 1.29 is 23.8 Å². The number of carboxylic acid groups (broad SMARTS) is 1. The van der Waals surface area contributed by atoms with Gasteiger partial charge in [0.15, 0.2) is 0 Å². The van der Waals surface area contributed by atoms with Gasteiger partial charge in [0.2, 0.25) is 5.91 Å². The van der Waals surface area contributed by atoms with Crippen molar-refractivity contribution >= 4 is 28.5 Å². The second kappa shape index (κ2) is 8.26. The van der Waals surface area contributed by atoms with E-state index in [0.29, 0.717) is 22.6 Å². The van der Waals surface area contributed by atoms with E-state index < -0.39 is 17.3 Å². The Kier molecular flexibility index (Phi) is 5.77. The Bertz CT molecular complexity index is 1070. The summed E-state index contributed by atoms with van der Waals surface area (Å²) in [7, 11) is 0. The van der Waals surface area contributed by atoms with Crippen molar-refractivity contribution in [1.82, 2.24) is 4.98 Å². The molecule has 0 aliphatic rings. The molecule has 150 valence electrons. The monoisotopic (exact) mass is 396 g/mol. The Morgan fingerprint density at radius 2 is 1.90 bits per heavy atom. The summed E-state index contributed by atoms with van der Waals surface area (Å²) in [5.74, 6) is -1.26. The van der Waals surface area contributed by atoms with Gasteiger partial charge in [-0.3, -0.25) is 9.59 Å². The Balaban J connectivity index is 1.64. The van der Waals surface area contributed by atoms with E-state index in [1.54, 1.807) is 36.4 Å². The van der Waals surface area contributed by atoms with Gasteiger partial charge in [-0.1, -0.05) is 12.1 Å². The van der Waals surface area contributed by atoms with E-state index >= 15 is 0 Å². The maximum absolute atomic E-state index is 13.4. The summed E-state index contributed by atoms with van der Waals surface area (Å²) in [4.78, 5) is 27.7. The first-order valence-electron chi connectivity index (χ1n) is 9.04. The number of pyridine rings is 1. The maximum atomic E-state index is 13.4. The molecule has 0 saturated heterocycles. The average molecular weight is 396 g/mol. The number of hydrogen-bond acceptors (Lipinski definition) is 4. The molecule has 6 nitrogen and oxygen atoms in total. The topological polar surface area (TPSA) is 88.5 Å². The summed E-state index contributed by atoms with van der Waals surface area (Å²) in [5.41, 5.74) is 0.538. The highest BCUT2D eigenvalue weighted by atomic mass is 19.1. The first-order valence-corrected chi connectivity index (χ1v) is 9.04. The van der Waals surface area contributed by atoms with Crippen LogP contribution >= 0.6 is 0 Å². The highest BCUT2D eigenvalue weighted by Crippen LogP contribution is 2.23. The Morgan fingerprint density at radius 1 is 1.14 bits per heavy atom. The molecular weight excluding hydrogens is 375 g/mol. The van der Waals surface area contributed by atoms with Crippen LogP contribution in [0.1, 0.15) is 26.0 Å². The van der Waals surface area contributed by atoms with Crippen LogP contribution in [0.15, 0.2) is 54.6 Å². The fourth-order valence-corrected chi connectivity index (χ4v) is 2.72. The number of ether oxygens (including phenoxy) is 1. The molecule has 1 heterocycles. The van der Waals surface area contributed by atoms with Crippen LogP contribution in [0, 0.1) is 11.2 Å². The lowest BCUT2D eigenvalue weighted by Crippen LogP contribution is -2.29. The second-order valence-electron chi connectivity index (χ2n) is 7.37. The van der Waals surface area contributed by atoms with Gasteiger partial charge in [-0.05, 0) is 44.2 Å². The lowest BCUT2D eigenvalue weighted by Gasteiger charge is -2.18. The largest absolute Gasteiger partial charge is 0.487 e. The van der Waals surface area contributed by atoms with Crippen molar-refractivity contribution in [2.24, 2.45) is 5.41 Å². The molecule has 0 saturated carbocycles. The molecule has 0 fully saturated rings. The molecule has 0 radical (unpaired) electrons. The van der Waals surface area contributed by atoms with Gasteiger partial charge in [-0.2, -0.15) is 0 Å². The molecule has 0 aliphatic carbocycles. The van der Waals surface area contributed by atoms with E-state index in [-0.39, 0.29) is 18.8 Å². The molecule has 2 aromatic carbocycles. The minimum absolute atomic E-state index is 0.148. The Morgan fingerprint density at radius 3 is 2.66 bits per heavy atom. The molecule has 2 N–H and O–H groups in total. The molecule has 0 atom stereocenters. The van der Waals surface area contributed by atoms with Gasteiger partial charge >= 0.3 is 5.97 Å². The van der Waals surface area contributed by atoms with Crippen LogP contribution in [0.2, 0.25) is 0 Å². The SMILES string of the molecule is CC(C)(CC(=O)Nc1cccc(OCc2ccc3ccc(F)cc3n2)c1)C(=O)O. The summed E-state index contributed by atoms with van der Waals surface area (Å²) in [6.07, 6.45) is -0.148. The number of carbonyl (C=O) groups excluding carboxylic acids is 1. The summed E-state index contributed by atoms with van der Waals surface area (Å²) in [6, 6.07) is 14.9. The quantitative estimate of drug-likeness (QED) is 0.618. The standard InChI is InChI=1S/C22H21FN2O4/c1-22(2,21(27)28)12-20(26)25-16-4-3-5-18(11-16)29-13-17-9-7-14-6-8-15(23)10-19(14)24-17/h3-11H,12-13H2,1-2H3,(H,25,26)(H,27,28). The van der Waals surface area contributed by atoms with E-state index in [9.17, 15) is 14.0 Å². The fraction of sp³-hybridized carbons (Fsp3) is 0.227. The lowest BCUT2D eigenvalue weighted by atomic mass is 9.89. The van der Waals surface area contributed by atoms with Gasteiger partial charge < -0.3 is 15.2 Å². The van der Waals surface area contributed by atoms with Crippen LogP contribution < -0.4 is 10.1 Å². The van der Waals surface area contributed by atoms with Crippen molar-refractivity contribution in [3.05, 3.63) is 66.1 Å². The summed E-state index contributed by atoms with van der Waals surface area (Å²) in [6.45, 7) is 3.17. The zero-order valence-electron chi connectivity index (χ0n) is 16.1. The number of carbonyl (C=O) groups is 2. The number of amides is 1. The lowest BCUT2D eigenvalue weighted by molar-refractivity contribution is -0.148. The number of rotatable bonds is 7. The van der Waals surface area contributed by atoms with E-state index in [1.807, 2.05) is 6.07 Å². The average Bonchev–Trinajstić information content (AvgIpc) is 2.65. The number of anilines is 1. The molecule has 3 rings (SSSR count). The minimum atomic E-state index is -1.15. The number of nitrogens with zero attached hydrogens (tertiary/aromatic N) is 1. The number of nitrogens with one attached hydrogen (secondary N) is 1. The smallest absolute Gasteiger partial charge is 0.309 e. The Hall–Kier alpha value is -3.48. The van der Waals surface area contributed by atoms with Gasteiger partial charge in [0.1, 0.15) is 18.2 Å². The van der Waals surface area contributed by atoms with E-state index in [4.69, 9.17) is 9.84 Å². The van der Waals surface area contributed by atoms with Crippen LogP contribution in [0.3, 0.4) is 0 Å². The van der Waals surface area contributed by atoms with Crippen molar-refractivity contribution in [2.45, 2.75) is 26.9 Å². The van der Waals surface area contributed by atoms with Crippen LogP contribution in [0.4, 0.5) is 10.1 Å². The van der Waals surface area contributed by atoms with Gasteiger partial charge in [0, 0.05) is 29.6 Å². The van der Waals surface area contributed by atoms with Crippen LogP contribution in [0.5, 0.6) is 5.75 Å². The second-order valence-corrected chi connectivity index (χ2v) is 7.37. The molecule has 0 bridgehead atoms. The number of hydrogen-bond donors (Lipinski definition) is 2.